The highest BCUT2D eigenvalue weighted by Gasteiger charge is 2.15. The SMILES string of the molecule is Cc1cccc(NC(=O)CNC(=O)Cn2cnc3scc(-c4ccc(F)cc4)c3c2=O)c1C. The molecular formula is C24H21FN4O3S. The predicted molar refractivity (Wildman–Crippen MR) is 127 cm³/mol. The van der Waals surface area contributed by atoms with Crippen molar-refractivity contribution >= 4 is 39.1 Å². The monoisotopic (exact) mass is 464 g/mol. The molecule has 0 fully saturated rings. The van der Waals surface area contributed by atoms with Gasteiger partial charge >= 0.3 is 0 Å². The van der Waals surface area contributed by atoms with Gasteiger partial charge in [0.1, 0.15) is 17.2 Å². The van der Waals surface area contributed by atoms with Crippen molar-refractivity contribution in [1.82, 2.24) is 14.9 Å². The standard InChI is InChI=1S/C24H21FN4O3S/c1-14-4-3-5-19(15(14)2)28-20(30)10-26-21(31)11-29-13-27-23-22(24(29)32)18(12-33-23)16-6-8-17(25)9-7-16/h3-9,12-13H,10-11H2,1-2H3,(H,26,31)(H,28,30). The molecule has 2 amide bonds. The molecule has 0 saturated heterocycles. The van der Waals surface area contributed by atoms with Crippen LogP contribution in [-0.2, 0) is 16.1 Å². The van der Waals surface area contributed by atoms with Gasteiger partial charge < -0.3 is 10.6 Å². The third kappa shape index (κ3) is 4.83. The largest absolute Gasteiger partial charge is 0.345 e. The Bertz CT molecular complexity index is 1410. The van der Waals surface area contributed by atoms with E-state index < -0.39 is 5.91 Å². The lowest BCUT2D eigenvalue weighted by molar-refractivity contribution is -0.124. The van der Waals surface area contributed by atoms with Gasteiger partial charge in [0.05, 0.1) is 18.3 Å². The van der Waals surface area contributed by atoms with Gasteiger partial charge in [0.2, 0.25) is 11.8 Å². The number of aryl methyl sites for hydroxylation is 1. The summed E-state index contributed by atoms with van der Waals surface area (Å²) in [7, 11) is 0. The zero-order valence-corrected chi connectivity index (χ0v) is 18.8. The van der Waals surface area contributed by atoms with Gasteiger partial charge in [0.25, 0.3) is 5.56 Å². The number of carbonyl (C=O) groups is 2. The summed E-state index contributed by atoms with van der Waals surface area (Å²) in [5.74, 6) is -1.23. The van der Waals surface area contributed by atoms with Crippen molar-refractivity contribution in [3.63, 3.8) is 0 Å². The molecule has 2 aromatic carbocycles. The fourth-order valence-corrected chi connectivity index (χ4v) is 4.30. The van der Waals surface area contributed by atoms with Crippen LogP contribution in [0, 0.1) is 19.7 Å². The Morgan fingerprint density at radius 3 is 2.61 bits per heavy atom. The van der Waals surface area contributed by atoms with Crippen LogP contribution >= 0.6 is 11.3 Å². The quantitative estimate of drug-likeness (QED) is 0.456. The molecule has 4 aromatic rings. The Hall–Kier alpha value is -3.85. The molecule has 168 valence electrons. The molecule has 7 nitrogen and oxygen atoms in total. The van der Waals surface area contributed by atoms with Crippen molar-refractivity contribution in [1.29, 1.82) is 0 Å². The number of hydrogen-bond acceptors (Lipinski definition) is 5. The molecule has 0 unspecified atom stereocenters. The fourth-order valence-electron chi connectivity index (χ4n) is 3.39. The first kappa shape index (κ1) is 22.3. The van der Waals surface area contributed by atoms with Crippen LogP contribution in [0.2, 0.25) is 0 Å². The average Bonchev–Trinajstić information content (AvgIpc) is 3.23. The molecule has 9 heteroatoms. The third-order valence-corrected chi connectivity index (χ3v) is 6.24. The summed E-state index contributed by atoms with van der Waals surface area (Å²) in [5, 5.41) is 7.46. The molecule has 0 spiro atoms. The van der Waals surface area contributed by atoms with Gasteiger partial charge in [-0.1, -0.05) is 24.3 Å². The van der Waals surface area contributed by atoms with E-state index in [0.717, 1.165) is 11.1 Å². The molecule has 0 aliphatic heterocycles. The molecule has 0 atom stereocenters. The molecule has 0 saturated carbocycles. The number of halogens is 1. The van der Waals surface area contributed by atoms with Crippen molar-refractivity contribution in [2.75, 3.05) is 11.9 Å². The summed E-state index contributed by atoms with van der Waals surface area (Å²) < 4.78 is 14.5. The van der Waals surface area contributed by atoms with Crippen LogP contribution in [0.1, 0.15) is 11.1 Å². The van der Waals surface area contributed by atoms with Crippen LogP contribution in [0.15, 0.2) is 59.0 Å². The van der Waals surface area contributed by atoms with Gasteiger partial charge in [-0.05, 0) is 48.7 Å². The summed E-state index contributed by atoms with van der Waals surface area (Å²) in [6, 6.07) is 11.4. The van der Waals surface area contributed by atoms with Gasteiger partial charge in [-0.3, -0.25) is 19.0 Å². The van der Waals surface area contributed by atoms with Crippen molar-refractivity contribution in [3.8, 4) is 11.1 Å². The Morgan fingerprint density at radius 1 is 1.09 bits per heavy atom. The van der Waals surface area contributed by atoms with Crippen molar-refractivity contribution in [3.05, 3.63) is 81.5 Å². The normalized spacial score (nSPS) is 10.9. The number of anilines is 1. The number of benzene rings is 2. The maximum Gasteiger partial charge on any atom is 0.263 e. The Morgan fingerprint density at radius 2 is 1.85 bits per heavy atom. The summed E-state index contributed by atoms with van der Waals surface area (Å²) in [6.45, 7) is 3.35. The van der Waals surface area contributed by atoms with E-state index in [1.807, 2.05) is 26.0 Å². The van der Waals surface area contributed by atoms with E-state index in [4.69, 9.17) is 0 Å². The zero-order valence-electron chi connectivity index (χ0n) is 18.0. The predicted octanol–water partition coefficient (Wildman–Crippen LogP) is 3.64. The number of nitrogens with zero attached hydrogens (tertiary/aromatic N) is 2. The third-order valence-electron chi connectivity index (χ3n) is 5.35. The second-order valence-electron chi connectivity index (χ2n) is 7.59. The highest BCUT2D eigenvalue weighted by Crippen LogP contribution is 2.30. The second-order valence-corrected chi connectivity index (χ2v) is 8.44. The molecule has 2 heterocycles. The number of thiophene rings is 1. The summed E-state index contributed by atoms with van der Waals surface area (Å²) in [6.07, 6.45) is 1.31. The van der Waals surface area contributed by atoms with Crippen LogP contribution in [-0.4, -0.2) is 27.9 Å². The zero-order chi connectivity index (χ0) is 23.5. The van der Waals surface area contributed by atoms with E-state index in [1.165, 1.54) is 34.4 Å². The van der Waals surface area contributed by atoms with E-state index >= 15 is 0 Å². The Balaban J connectivity index is 1.45. The second kappa shape index (κ2) is 9.33. The van der Waals surface area contributed by atoms with E-state index in [1.54, 1.807) is 23.6 Å². The first-order valence-electron chi connectivity index (χ1n) is 10.2. The summed E-state index contributed by atoms with van der Waals surface area (Å²) in [4.78, 5) is 42.5. The van der Waals surface area contributed by atoms with Crippen LogP contribution in [0.5, 0.6) is 0 Å². The van der Waals surface area contributed by atoms with Gasteiger partial charge in [-0.15, -0.1) is 11.3 Å². The van der Waals surface area contributed by atoms with Gasteiger partial charge in [-0.2, -0.15) is 0 Å². The molecule has 0 aliphatic carbocycles. The minimum atomic E-state index is -0.493. The highest BCUT2D eigenvalue weighted by atomic mass is 32.1. The lowest BCUT2D eigenvalue weighted by atomic mass is 10.1. The molecule has 0 bridgehead atoms. The van der Waals surface area contributed by atoms with Crippen LogP contribution in [0.4, 0.5) is 10.1 Å². The number of hydrogen-bond donors (Lipinski definition) is 2. The maximum absolute atomic E-state index is 13.3. The molecular weight excluding hydrogens is 443 g/mol. The van der Waals surface area contributed by atoms with Crippen LogP contribution < -0.4 is 16.2 Å². The number of nitrogens with one attached hydrogen (secondary N) is 2. The molecule has 2 N–H and O–H groups in total. The lowest BCUT2D eigenvalue weighted by Gasteiger charge is -2.11. The maximum atomic E-state index is 13.3. The van der Waals surface area contributed by atoms with Crippen molar-refractivity contribution < 1.29 is 14.0 Å². The number of carbonyl (C=O) groups excluding carboxylic acids is 2. The van der Waals surface area contributed by atoms with E-state index in [2.05, 4.69) is 15.6 Å². The summed E-state index contributed by atoms with van der Waals surface area (Å²) >= 11 is 1.30. The minimum Gasteiger partial charge on any atom is -0.345 e. The van der Waals surface area contributed by atoms with E-state index in [-0.39, 0.29) is 30.4 Å². The van der Waals surface area contributed by atoms with E-state index in [9.17, 15) is 18.8 Å². The average molecular weight is 465 g/mol. The summed E-state index contributed by atoms with van der Waals surface area (Å²) in [5.41, 5.74) is 3.63. The van der Waals surface area contributed by atoms with E-state index in [0.29, 0.717) is 27.0 Å². The van der Waals surface area contributed by atoms with Crippen molar-refractivity contribution in [2.24, 2.45) is 0 Å². The smallest absolute Gasteiger partial charge is 0.263 e. The molecule has 0 radical (unpaired) electrons. The van der Waals surface area contributed by atoms with Crippen molar-refractivity contribution in [2.45, 2.75) is 20.4 Å². The number of rotatable bonds is 6. The Labute approximate surface area is 192 Å². The topological polar surface area (TPSA) is 93.1 Å². The molecule has 4 rings (SSSR count). The van der Waals surface area contributed by atoms with Crippen LogP contribution in [0.25, 0.3) is 21.3 Å². The molecule has 0 aliphatic rings. The molecule has 2 aromatic heterocycles. The number of fused-ring (bicyclic) bond motifs is 1. The minimum absolute atomic E-state index is 0.226. The first-order valence-corrected chi connectivity index (χ1v) is 11.1. The van der Waals surface area contributed by atoms with Crippen LogP contribution in [0.3, 0.4) is 0 Å². The van der Waals surface area contributed by atoms with Gasteiger partial charge in [0.15, 0.2) is 0 Å². The number of amides is 2. The van der Waals surface area contributed by atoms with Gasteiger partial charge in [-0.25, -0.2) is 9.37 Å². The first-order chi connectivity index (χ1) is 15.8. The van der Waals surface area contributed by atoms with Gasteiger partial charge in [0, 0.05) is 16.6 Å². The number of aromatic nitrogens is 2. The highest BCUT2D eigenvalue weighted by molar-refractivity contribution is 7.17. The Kier molecular flexibility index (Phi) is 6.32. The lowest BCUT2D eigenvalue weighted by Crippen LogP contribution is -2.37. The fraction of sp³-hybridized carbons (Fsp3) is 0.167. The molecule has 33 heavy (non-hydrogen) atoms.